The summed E-state index contributed by atoms with van der Waals surface area (Å²) in [7, 11) is 0. The molecule has 168 valence electrons. The van der Waals surface area contributed by atoms with Gasteiger partial charge < -0.3 is 14.8 Å². The number of hydrogen-bond donors (Lipinski definition) is 1. The number of fused-ring (bicyclic) bond motifs is 1. The summed E-state index contributed by atoms with van der Waals surface area (Å²) in [6.45, 7) is 2.44. The van der Waals surface area contributed by atoms with Gasteiger partial charge in [0.15, 0.2) is 23.1 Å². The summed E-state index contributed by atoms with van der Waals surface area (Å²) in [5, 5.41) is 2.75. The van der Waals surface area contributed by atoms with Gasteiger partial charge in [0.25, 0.3) is 0 Å². The Bertz CT molecular complexity index is 1080. The third-order valence-electron chi connectivity index (χ3n) is 5.69. The Morgan fingerprint density at radius 3 is 2.41 bits per heavy atom. The van der Waals surface area contributed by atoms with Crippen molar-refractivity contribution in [2.24, 2.45) is 5.92 Å². The van der Waals surface area contributed by atoms with Crippen LogP contribution in [0.5, 0.6) is 11.5 Å². The van der Waals surface area contributed by atoms with Gasteiger partial charge in [-0.15, -0.1) is 0 Å². The van der Waals surface area contributed by atoms with Crippen LogP contribution in [0, 0.1) is 17.6 Å². The third kappa shape index (κ3) is 4.62. The highest BCUT2D eigenvalue weighted by Crippen LogP contribution is 2.37. The molecule has 0 atom stereocenters. The lowest BCUT2D eigenvalue weighted by Crippen LogP contribution is -2.41. The average molecular weight is 444 g/mol. The zero-order valence-electron chi connectivity index (χ0n) is 17.5. The molecular formula is C23H22F2N2O5. The number of benzene rings is 2. The molecule has 4 rings (SSSR count). The van der Waals surface area contributed by atoms with Crippen molar-refractivity contribution in [3.05, 3.63) is 53.1 Å². The summed E-state index contributed by atoms with van der Waals surface area (Å²) in [4.78, 5) is 39.0. The molecule has 0 aromatic heterocycles. The quantitative estimate of drug-likeness (QED) is 0.688. The number of Topliss-reactive ketones (excluding diaryl/α,β-unsaturated/α-hetero) is 2. The van der Waals surface area contributed by atoms with Gasteiger partial charge in [0, 0.05) is 17.5 Å². The fourth-order valence-corrected chi connectivity index (χ4v) is 3.99. The van der Waals surface area contributed by atoms with Crippen LogP contribution in [0.4, 0.5) is 14.5 Å². The maximum Gasteiger partial charge on any atom is 0.238 e. The molecule has 2 aromatic rings. The first-order valence-corrected chi connectivity index (χ1v) is 10.3. The molecule has 9 heteroatoms. The number of ketones is 2. The second kappa shape index (κ2) is 9.04. The van der Waals surface area contributed by atoms with Gasteiger partial charge in [0.1, 0.15) is 11.6 Å². The van der Waals surface area contributed by atoms with Gasteiger partial charge in [0.2, 0.25) is 12.7 Å². The van der Waals surface area contributed by atoms with E-state index in [1.54, 1.807) is 12.1 Å². The Morgan fingerprint density at radius 1 is 1.03 bits per heavy atom. The third-order valence-corrected chi connectivity index (χ3v) is 5.69. The number of halogens is 2. The number of carbonyl (C=O) groups excluding carboxylic acids is 3. The van der Waals surface area contributed by atoms with E-state index in [-0.39, 0.29) is 30.6 Å². The van der Waals surface area contributed by atoms with Crippen LogP contribution in [0.15, 0.2) is 30.3 Å². The molecule has 2 aliphatic rings. The van der Waals surface area contributed by atoms with Crippen molar-refractivity contribution in [3.8, 4) is 11.5 Å². The number of ether oxygens (including phenoxy) is 2. The van der Waals surface area contributed by atoms with Gasteiger partial charge in [-0.05, 0) is 57.1 Å². The van der Waals surface area contributed by atoms with Crippen LogP contribution in [0.2, 0.25) is 0 Å². The number of carbonyl (C=O) groups is 3. The van der Waals surface area contributed by atoms with E-state index in [1.807, 2.05) is 4.90 Å². The molecule has 0 aliphatic carbocycles. The van der Waals surface area contributed by atoms with E-state index in [1.165, 1.54) is 6.92 Å². The number of nitrogens with one attached hydrogen (secondary N) is 1. The van der Waals surface area contributed by atoms with Gasteiger partial charge >= 0.3 is 0 Å². The van der Waals surface area contributed by atoms with Crippen molar-refractivity contribution in [1.82, 2.24) is 4.90 Å². The molecule has 1 N–H and O–H groups in total. The Labute approximate surface area is 183 Å². The molecule has 32 heavy (non-hydrogen) atoms. The molecule has 1 fully saturated rings. The second-order valence-electron chi connectivity index (χ2n) is 7.89. The predicted molar refractivity (Wildman–Crippen MR) is 111 cm³/mol. The monoisotopic (exact) mass is 444 g/mol. The number of hydrogen-bond acceptors (Lipinski definition) is 6. The van der Waals surface area contributed by atoms with Crippen molar-refractivity contribution < 1.29 is 32.6 Å². The minimum Gasteiger partial charge on any atom is -0.454 e. The second-order valence-corrected chi connectivity index (χ2v) is 7.89. The van der Waals surface area contributed by atoms with Crippen molar-refractivity contribution in [2.75, 3.05) is 31.7 Å². The van der Waals surface area contributed by atoms with Gasteiger partial charge in [-0.1, -0.05) is 0 Å². The fourth-order valence-electron chi connectivity index (χ4n) is 3.99. The highest BCUT2D eigenvalue weighted by molar-refractivity contribution is 6.05. The van der Waals surface area contributed by atoms with Crippen molar-refractivity contribution in [2.45, 2.75) is 19.8 Å². The standard InChI is InChI=1S/C23H22F2N2O5/c1-13(28)16-9-20-21(32-12-31-20)10-19(16)26-22(29)11-27-6-4-14(5-7-27)23(30)17-8-15(24)2-3-18(17)25/h2-3,8-10,14H,4-7,11-12H2,1H3,(H,26,29). The first-order valence-electron chi connectivity index (χ1n) is 10.3. The van der Waals surface area contributed by atoms with Crippen LogP contribution in [-0.4, -0.2) is 48.8 Å². The molecule has 2 aliphatic heterocycles. The SMILES string of the molecule is CC(=O)c1cc2c(cc1NC(=O)CN1CCC(C(=O)c3cc(F)ccc3F)CC1)OCO2. The molecule has 0 bridgehead atoms. The van der Waals surface area contributed by atoms with Gasteiger partial charge in [-0.3, -0.25) is 19.3 Å². The van der Waals surface area contributed by atoms with Crippen LogP contribution in [0.25, 0.3) is 0 Å². The van der Waals surface area contributed by atoms with Gasteiger partial charge in [0.05, 0.1) is 17.8 Å². The molecule has 0 saturated carbocycles. The van der Waals surface area contributed by atoms with E-state index in [2.05, 4.69) is 5.32 Å². The minimum atomic E-state index is -0.733. The first-order chi connectivity index (χ1) is 15.3. The lowest BCUT2D eigenvalue weighted by atomic mass is 9.88. The normalized spacial score (nSPS) is 16.1. The molecule has 2 heterocycles. The highest BCUT2D eigenvalue weighted by atomic mass is 19.1. The summed E-state index contributed by atoms with van der Waals surface area (Å²) in [6.07, 6.45) is 0.871. The number of anilines is 1. The van der Waals surface area contributed by atoms with Crippen LogP contribution in [0.3, 0.4) is 0 Å². The van der Waals surface area contributed by atoms with Crippen LogP contribution in [-0.2, 0) is 4.79 Å². The summed E-state index contributed by atoms with van der Waals surface area (Å²) in [6, 6.07) is 5.96. The molecule has 0 spiro atoms. The molecule has 2 aromatic carbocycles. The van der Waals surface area contributed by atoms with Gasteiger partial charge in [-0.2, -0.15) is 0 Å². The maximum atomic E-state index is 13.9. The molecule has 0 radical (unpaired) electrons. The zero-order chi connectivity index (χ0) is 22.8. The zero-order valence-corrected chi connectivity index (χ0v) is 17.5. The lowest BCUT2D eigenvalue weighted by Gasteiger charge is -2.30. The van der Waals surface area contributed by atoms with E-state index >= 15 is 0 Å². The Hall–Kier alpha value is -3.33. The van der Waals surface area contributed by atoms with E-state index in [0.29, 0.717) is 48.7 Å². The van der Waals surface area contributed by atoms with Crippen LogP contribution < -0.4 is 14.8 Å². The topological polar surface area (TPSA) is 84.9 Å². The number of likely N-dealkylation sites (tertiary alicyclic amines) is 1. The van der Waals surface area contributed by atoms with Crippen LogP contribution in [0.1, 0.15) is 40.5 Å². The molecule has 0 unspecified atom stereocenters. The Balaban J connectivity index is 1.35. The number of nitrogens with zero attached hydrogens (tertiary/aromatic N) is 1. The van der Waals surface area contributed by atoms with Crippen molar-refractivity contribution in [3.63, 3.8) is 0 Å². The summed E-state index contributed by atoms with van der Waals surface area (Å²) < 4.78 is 37.9. The first kappa shape index (κ1) is 21.9. The number of rotatable bonds is 6. The van der Waals surface area contributed by atoms with E-state index < -0.39 is 23.3 Å². The molecule has 7 nitrogen and oxygen atoms in total. The average Bonchev–Trinajstić information content (AvgIpc) is 3.22. The molecular weight excluding hydrogens is 422 g/mol. The fraction of sp³-hybridized carbons (Fsp3) is 0.348. The summed E-state index contributed by atoms with van der Waals surface area (Å²) >= 11 is 0. The van der Waals surface area contributed by atoms with E-state index in [9.17, 15) is 23.2 Å². The molecule has 1 amide bonds. The van der Waals surface area contributed by atoms with Crippen molar-refractivity contribution in [1.29, 1.82) is 0 Å². The Morgan fingerprint density at radius 2 is 1.72 bits per heavy atom. The number of piperidine rings is 1. The van der Waals surface area contributed by atoms with Crippen LogP contribution >= 0.6 is 0 Å². The lowest BCUT2D eigenvalue weighted by molar-refractivity contribution is -0.117. The largest absolute Gasteiger partial charge is 0.454 e. The Kier molecular flexibility index (Phi) is 6.18. The maximum absolute atomic E-state index is 13.9. The smallest absolute Gasteiger partial charge is 0.238 e. The predicted octanol–water partition coefficient (Wildman–Crippen LogP) is 3.43. The van der Waals surface area contributed by atoms with E-state index in [0.717, 1.165) is 18.2 Å². The van der Waals surface area contributed by atoms with Gasteiger partial charge in [-0.25, -0.2) is 8.78 Å². The minimum absolute atomic E-state index is 0.0528. The number of amides is 1. The molecule has 1 saturated heterocycles. The van der Waals surface area contributed by atoms with Crippen molar-refractivity contribution >= 4 is 23.2 Å². The summed E-state index contributed by atoms with van der Waals surface area (Å²) in [5.74, 6) is -1.86. The van der Waals surface area contributed by atoms with E-state index in [4.69, 9.17) is 9.47 Å². The summed E-state index contributed by atoms with van der Waals surface area (Å²) in [5.41, 5.74) is 0.434. The highest BCUT2D eigenvalue weighted by Gasteiger charge is 2.29.